The predicted molar refractivity (Wildman–Crippen MR) is 114 cm³/mol. The molecule has 6 heteroatoms. The van der Waals surface area contributed by atoms with Crippen molar-refractivity contribution < 1.29 is 9.59 Å². The molecule has 146 valence electrons. The fourth-order valence-electron chi connectivity index (χ4n) is 3.27. The highest BCUT2D eigenvalue weighted by molar-refractivity contribution is 8.00. The molecule has 3 aromatic rings. The highest BCUT2D eigenvalue weighted by Gasteiger charge is 2.32. The number of thioether (sulfide) groups is 1. The summed E-state index contributed by atoms with van der Waals surface area (Å²) in [6, 6.07) is 21.3. The molecule has 5 nitrogen and oxygen atoms in total. The van der Waals surface area contributed by atoms with Crippen LogP contribution in [0.3, 0.4) is 0 Å². The van der Waals surface area contributed by atoms with Gasteiger partial charge < -0.3 is 10.2 Å². The lowest BCUT2D eigenvalue weighted by atomic mass is 10.1. The van der Waals surface area contributed by atoms with Gasteiger partial charge in [-0.1, -0.05) is 48.5 Å². The minimum atomic E-state index is -0.128. The SMILES string of the molecule is O=C(NCc1cccnc1)c1ccc([C@@H]2SCC(=O)N2Cc2ccccc2)cc1. The maximum Gasteiger partial charge on any atom is 0.251 e. The molecule has 1 N–H and O–H groups in total. The number of benzene rings is 2. The Kier molecular flexibility index (Phi) is 5.91. The molecule has 1 aromatic heterocycles. The molecule has 0 spiro atoms. The smallest absolute Gasteiger partial charge is 0.251 e. The summed E-state index contributed by atoms with van der Waals surface area (Å²) >= 11 is 1.62. The van der Waals surface area contributed by atoms with Crippen molar-refractivity contribution in [3.63, 3.8) is 0 Å². The Balaban J connectivity index is 1.42. The van der Waals surface area contributed by atoms with E-state index in [1.807, 2.05) is 71.6 Å². The van der Waals surface area contributed by atoms with Gasteiger partial charge in [-0.3, -0.25) is 14.6 Å². The summed E-state index contributed by atoms with van der Waals surface area (Å²) in [6.07, 6.45) is 3.44. The second kappa shape index (κ2) is 8.92. The maximum absolute atomic E-state index is 12.4. The molecule has 2 aromatic carbocycles. The van der Waals surface area contributed by atoms with Crippen LogP contribution in [0.5, 0.6) is 0 Å². The predicted octanol–water partition coefficient (Wildman–Crippen LogP) is 3.79. The maximum atomic E-state index is 12.4. The summed E-state index contributed by atoms with van der Waals surface area (Å²) in [7, 11) is 0. The number of aromatic nitrogens is 1. The molecular formula is C23H21N3O2S. The van der Waals surface area contributed by atoms with Crippen LogP contribution in [-0.4, -0.2) is 27.5 Å². The molecule has 0 saturated carbocycles. The van der Waals surface area contributed by atoms with Crippen molar-refractivity contribution in [1.29, 1.82) is 0 Å². The first-order chi connectivity index (χ1) is 14.2. The topological polar surface area (TPSA) is 62.3 Å². The van der Waals surface area contributed by atoms with Crippen LogP contribution in [-0.2, 0) is 17.9 Å². The number of amides is 2. The van der Waals surface area contributed by atoms with E-state index < -0.39 is 0 Å². The number of nitrogens with one attached hydrogen (secondary N) is 1. The number of pyridine rings is 1. The molecule has 0 bridgehead atoms. The van der Waals surface area contributed by atoms with E-state index in [2.05, 4.69) is 10.3 Å². The van der Waals surface area contributed by atoms with Gasteiger partial charge in [0.15, 0.2) is 0 Å². The van der Waals surface area contributed by atoms with Crippen molar-refractivity contribution in [3.8, 4) is 0 Å². The molecule has 2 amide bonds. The standard InChI is InChI=1S/C23H21N3O2S/c27-21-16-29-23(26(21)15-17-5-2-1-3-6-17)20-10-8-19(9-11-20)22(28)25-14-18-7-4-12-24-13-18/h1-13,23H,14-16H2,(H,25,28)/t23-/m0/s1. The zero-order valence-electron chi connectivity index (χ0n) is 15.8. The number of carbonyl (C=O) groups is 2. The monoisotopic (exact) mass is 403 g/mol. The Labute approximate surface area is 174 Å². The first-order valence-corrected chi connectivity index (χ1v) is 10.5. The molecule has 0 unspecified atom stereocenters. The van der Waals surface area contributed by atoms with Crippen LogP contribution in [0.25, 0.3) is 0 Å². The zero-order valence-corrected chi connectivity index (χ0v) is 16.6. The number of hydrogen-bond acceptors (Lipinski definition) is 4. The van der Waals surface area contributed by atoms with E-state index >= 15 is 0 Å². The van der Waals surface area contributed by atoms with Crippen LogP contribution in [0.4, 0.5) is 0 Å². The third kappa shape index (κ3) is 4.66. The largest absolute Gasteiger partial charge is 0.348 e. The van der Waals surface area contributed by atoms with Crippen LogP contribution in [0, 0.1) is 0 Å². The van der Waals surface area contributed by atoms with E-state index in [1.54, 1.807) is 24.2 Å². The number of carbonyl (C=O) groups excluding carboxylic acids is 2. The first-order valence-electron chi connectivity index (χ1n) is 9.43. The number of rotatable bonds is 6. The van der Waals surface area contributed by atoms with Gasteiger partial charge in [-0.2, -0.15) is 0 Å². The summed E-state index contributed by atoms with van der Waals surface area (Å²) in [5, 5.41) is 2.87. The van der Waals surface area contributed by atoms with Gasteiger partial charge in [0, 0.05) is 31.0 Å². The molecule has 1 saturated heterocycles. The summed E-state index contributed by atoms with van der Waals surface area (Å²) in [5.74, 6) is 0.490. The molecule has 2 heterocycles. The summed E-state index contributed by atoms with van der Waals surface area (Å²) in [4.78, 5) is 30.7. The molecule has 1 atom stereocenters. The summed E-state index contributed by atoms with van der Waals surface area (Å²) in [6.45, 7) is 1.02. The Morgan fingerprint density at radius 3 is 2.52 bits per heavy atom. The molecule has 1 fully saturated rings. The Morgan fingerprint density at radius 2 is 1.79 bits per heavy atom. The Hall–Kier alpha value is -3.12. The molecular weight excluding hydrogens is 382 g/mol. The summed E-state index contributed by atoms with van der Waals surface area (Å²) < 4.78 is 0. The molecule has 29 heavy (non-hydrogen) atoms. The average molecular weight is 404 g/mol. The quantitative estimate of drug-likeness (QED) is 0.680. The van der Waals surface area contributed by atoms with Crippen molar-refractivity contribution in [2.45, 2.75) is 18.5 Å². The van der Waals surface area contributed by atoms with E-state index in [1.165, 1.54) is 0 Å². The fraction of sp³-hybridized carbons (Fsp3) is 0.174. The molecule has 0 aliphatic carbocycles. The van der Waals surface area contributed by atoms with Crippen LogP contribution < -0.4 is 5.32 Å². The lowest BCUT2D eigenvalue weighted by Gasteiger charge is -2.24. The second-order valence-corrected chi connectivity index (χ2v) is 7.91. The average Bonchev–Trinajstić information content (AvgIpc) is 3.14. The van der Waals surface area contributed by atoms with Crippen LogP contribution in [0.1, 0.15) is 32.4 Å². The second-order valence-electron chi connectivity index (χ2n) is 6.84. The highest BCUT2D eigenvalue weighted by Crippen LogP contribution is 2.39. The minimum absolute atomic E-state index is 0.0322. The molecule has 4 rings (SSSR count). The van der Waals surface area contributed by atoms with Crippen LogP contribution in [0.2, 0.25) is 0 Å². The van der Waals surface area contributed by atoms with Gasteiger partial charge in [-0.25, -0.2) is 0 Å². The van der Waals surface area contributed by atoms with Crippen molar-refractivity contribution in [1.82, 2.24) is 15.2 Å². The van der Waals surface area contributed by atoms with Gasteiger partial charge in [-0.15, -0.1) is 11.8 Å². The zero-order chi connectivity index (χ0) is 20.1. The summed E-state index contributed by atoms with van der Waals surface area (Å²) in [5.41, 5.74) is 3.69. The van der Waals surface area contributed by atoms with Crippen LogP contribution in [0.15, 0.2) is 79.1 Å². The van der Waals surface area contributed by atoms with Crippen molar-refractivity contribution in [3.05, 3.63) is 101 Å². The van der Waals surface area contributed by atoms with Crippen molar-refractivity contribution in [2.75, 3.05) is 5.75 Å². The Bertz CT molecular complexity index is 978. The van der Waals surface area contributed by atoms with Gasteiger partial charge in [0.2, 0.25) is 5.91 Å². The molecule has 0 radical (unpaired) electrons. The van der Waals surface area contributed by atoms with E-state index in [0.29, 0.717) is 24.4 Å². The van der Waals surface area contributed by atoms with Gasteiger partial charge in [0.1, 0.15) is 5.37 Å². The lowest BCUT2D eigenvalue weighted by Crippen LogP contribution is -2.27. The fourth-order valence-corrected chi connectivity index (χ4v) is 4.46. The number of nitrogens with zero attached hydrogens (tertiary/aromatic N) is 2. The lowest BCUT2D eigenvalue weighted by molar-refractivity contribution is -0.128. The third-order valence-electron chi connectivity index (χ3n) is 4.80. The van der Waals surface area contributed by atoms with Crippen molar-refractivity contribution in [2.24, 2.45) is 0 Å². The van der Waals surface area contributed by atoms with E-state index in [0.717, 1.165) is 16.7 Å². The highest BCUT2D eigenvalue weighted by atomic mass is 32.2. The first kappa shape index (κ1) is 19.2. The van der Waals surface area contributed by atoms with Gasteiger partial charge >= 0.3 is 0 Å². The third-order valence-corrected chi connectivity index (χ3v) is 6.05. The van der Waals surface area contributed by atoms with Gasteiger partial charge in [0.25, 0.3) is 5.91 Å². The minimum Gasteiger partial charge on any atom is -0.348 e. The normalized spacial score (nSPS) is 16.1. The number of hydrogen-bond donors (Lipinski definition) is 1. The van der Waals surface area contributed by atoms with Crippen LogP contribution >= 0.6 is 11.8 Å². The van der Waals surface area contributed by atoms with E-state index in [9.17, 15) is 9.59 Å². The van der Waals surface area contributed by atoms with E-state index in [4.69, 9.17) is 0 Å². The molecule has 1 aliphatic heterocycles. The van der Waals surface area contributed by atoms with Gasteiger partial charge in [-0.05, 0) is 34.9 Å². The Morgan fingerprint density at radius 1 is 1.03 bits per heavy atom. The van der Waals surface area contributed by atoms with E-state index in [-0.39, 0.29) is 17.2 Å². The molecule has 1 aliphatic rings. The van der Waals surface area contributed by atoms with Crippen molar-refractivity contribution >= 4 is 23.6 Å². The van der Waals surface area contributed by atoms with Gasteiger partial charge in [0.05, 0.1) is 5.75 Å².